The molecule has 2 aromatic carbocycles. The second-order valence-electron chi connectivity index (χ2n) is 6.09. The van der Waals surface area contributed by atoms with E-state index in [9.17, 15) is 14.0 Å². The molecule has 0 saturated heterocycles. The van der Waals surface area contributed by atoms with Gasteiger partial charge in [-0.25, -0.2) is 9.18 Å². The first-order valence-electron chi connectivity index (χ1n) is 7.99. The van der Waals surface area contributed by atoms with E-state index < -0.39 is 12.1 Å². The lowest BCUT2D eigenvalue weighted by atomic mass is 10.1. The van der Waals surface area contributed by atoms with Gasteiger partial charge in [0.2, 0.25) is 0 Å². The van der Waals surface area contributed by atoms with Crippen molar-refractivity contribution in [1.82, 2.24) is 5.32 Å². The standard InChI is InChI=1S/C19H18FNO4/c20-15-3-1-2-13(8-15)10-21-19(24)25-11-12-4-6-14(7-5-12)16-9-17(16)18(22)23/h1-8,16-17H,9-11H2,(H,21,24)(H,22,23)/t16-,17+/m0/s1. The van der Waals surface area contributed by atoms with E-state index in [2.05, 4.69) is 5.32 Å². The maximum atomic E-state index is 13.0. The molecule has 0 aromatic heterocycles. The molecule has 0 aliphatic heterocycles. The van der Waals surface area contributed by atoms with Gasteiger partial charge in [-0.05, 0) is 41.2 Å². The summed E-state index contributed by atoms with van der Waals surface area (Å²) in [4.78, 5) is 22.6. The Morgan fingerprint density at radius 1 is 1.16 bits per heavy atom. The molecule has 0 bridgehead atoms. The second kappa shape index (κ2) is 7.34. The normalized spacial score (nSPS) is 18.4. The maximum Gasteiger partial charge on any atom is 0.407 e. The average molecular weight is 343 g/mol. The van der Waals surface area contributed by atoms with Crippen LogP contribution in [0.2, 0.25) is 0 Å². The lowest BCUT2D eigenvalue weighted by molar-refractivity contribution is -0.138. The van der Waals surface area contributed by atoms with E-state index in [4.69, 9.17) is 9.84 Å². The number of carbonyl (C=O) groups excluding carboxylic acids is 1. The van der Waals surface area contributed by atoms with Gasteiger partial charge < -0.3 is 15.2 Å². The van der Waals surface area contributed by atoms with Crippen LogP contribution in [0.25, 0.3) is 0 Å². The van der Waals surface area contributed by atoms with Crippen molar-refractivity contribution in [2.75, 3.05) is 0 Å². The smallest absolute Gasteiger partial charge is 0.407 e. The van der Waals surface area contributed by atoms with Crippen LogP contribution in [0.5, 0.6) is 0 Å². The highest BCUT2D eigenvalue weighted by molar-refractivity contribution is 5.75. The fourth-order valence-electron chi connectivity index (χ4n) is 2.72. The van der Waals surface area contributed by atoms with Crippen LogP contribution in [0, 0.1) is 11.7 Å². The van der Waals surface area contributed by atoms with Gasteiger partial charge in [0.25, 0.3) is 0 Å². The van der Waals surface area contributed by atoms with Crippen molar-refractivity contribution in [3.63, 3.8) is 0 Å². The first-order valence-corrected chi connectivity index (χ1v) is 7.99. The predicted octanol–water partition coefficient (Wildman–Crippen LogP) is 3.44. The monoisotopic (exact) mass is 343 g/mol. The number of carboxylic acid groups (broad SMARTS) is 1. The van der Waals surface area contributed by atoms with Crippen LogP contribution in [0.3, 0.4) is 0 Å². The molecule has 1 saturated carbocycles. The zero-order chi connectivity index (χ0) is 17.8. The lowest BCUT2D eigenvalue weighted by Gasteiger charge is -2.08. The molecule has 5 nitrogen and oxygen atoms in total. The highest BCUT2D eigenvalue weighted by Crippen LogP contribution is 2.47. The number of carboxylic acids is 1. The number of rotatable bonds is 6. The Balaban J connectivity index is 1.44. The summed E-state index contributed by atoms with van der Waals surface area (Å²) in [6, 6.07) is 13.4. The van der Waals surface area contributed by atoms with Gasteiger partial charge in [-0.15, -0.1) is 0 Å². The van der Waals surface area contributed by atoms with E-state index in [-0.39, 0.29) is 30.8 Å². The van der Waals surface area contributed by atoms with E-state index in [1.165, 1.54) is 12.1 Å². The van der Waals surface area contributed by atoms with Crippen molar-refractivity contribution in [1.29, 1.82) is 0 Å². The van der Waals surface area contributed by atoms with Gasteiger partial charge in [-0.3, -0.25) is 4.79 Å². The molecule has 1 fully saturated rings. The molecule has 2 atom stereocenters. The highest BCUT2D eigenvalue weighted by Gasteiger charge is 2.43. The molecule has 2 N–H and O–H groups in total. The molecule has 1 aliphatic carbocycles. The van der Waals surface area contributed by atoms with Crippen molar-refractivity contribution in [3.8, 4) is 0 Å². The van der Waals surface area contributed by atoms with E-state index in [0.717, 1.165) is 11.1 Å². The summed E-state index contributed by atoms with van der Waals surface area (Å²) in [6.45, 7) is 0.302. The number of hydrogen-bond acceptors (Lipinski definition) is 3. The first-order chi connectivity index (χ1) is 12.0. The van der Waals surface area contributed by atoms with Gasteiger partial charge in [-0.1, -0.05) is 36.4 Å². The van der Waals surface area contributed by atoms with E-state index in [0.29, 0.717) is 12.0 Å². The van der Waals surface area contributed by atoms with Crippen molar-refractivity contribution >= 4 is 12.1 Å². The number of carbonyl (C=O) groups is 2. The third-order valence-corrected chi connectivity index (χ3v) is 4.21. The van der Waals surface area contributed by atoms with Gasteiger partial charge >= 0.3 is 12.1 Å². The Kier molecular flexibility index (Phi) is 4.97. The van der Waals surface area contributed by atoms with Crippen molar-refractivity contribution in [3.05, 3.63) is 71.0 Å². The Hall–Kier alpha value is -2.89. The largest absolute Gasteiger partial charge is 0.481 e. The summed E-state index contributed by atoms with van der Waals surface area (Å²) in [6.07, 6.45) is 0.0923. The highest BCUT2D eigenvalue weighted by atomic mass is 19.1. The molecule has 25 heavy (non-hydrogen) atoms. The fraction of sp³-hybridized carbons (Fsp3) is 0.263. The second-order valence-corrected chi connectivity index (χ2v) is 6.09. The SMILES string of the molecule is O=C(NCc1cccc(F)c1)OCc1ccc([C@@H]2C[C@H]2C(=O)O)cc1. The third kappa shape index (κ3) is 4.56. The number of alkyl carbamates (subject to hydrolysis) is 1. The van der Waals surface area contributed by atoms with Crippen LogP contribution in [-0.4, -0.2) is 17.2 Å². The van der Waals surface area contributed by atoms with Crippen LogP contribution in [0.15, 0.2) is 48.5 Å². The van der Waals surface area contributed by atoms with Gasteiger partial charge in [0, 0.05) is 6.54 Å². The number of benzene rings is 2. The number of hydrogen-bond donors (Lipinski definition) is 2. The van der Waals surface area contributed by atoms with Crippen LogP contribution in [-0.2, 0) is 22.7 Å². The Labute approximate surface area is 144 Å². The number of nitrogens with one attached hydrogen (secondary N) is 1. The molecule has 0 radical (unpaired) electrons. The third-order valence-electron chi connectivity index (χ3n) is 4.21. The minimum atomic E-state index is -0.757. The zero-order valence-electron chi connectivity index (χ0n) is 13.4. The van der Waals surface area contributed by atoms with Gasteiger partial charge in [-0.2, -0.15) is 0 Å². The molecule has 1 amide bonds. The van der Waals surface area contributed by atoms with Crippen LogP contribution in [0.4, 0.5) is 9.18 Å². The van der Waals surface area contributed by atoms with E-state index in [1.54, 1.807) is 12.1 Å². The Morgan fingerprint density at radius 2 is 1.92 bits per heavy atom. The predicted molar refractivity (Wildman–Crippen MR) is 88.4 cm³/mol. The molecule has 0 spiro atoms. The van der Waals surface area contributed by atoms with Crippen LogP contribution < -0.4 is 5.32 Å². The topological polar surface area (TPSA) is 75.6 Å². The number of halogens is 1. The van der Waals surface area contributed by atoms with Crippen molar-refractivity contribution in [2.24, 2.45) is 5.92 Å². The summed E-state index contributed by atoms with van der Waals surface area (Å²) >= 11 is 0. The average Bonchev–Trinajstić information content (AvgIpc) is 3.40. The molecule has 3 rings (SSSR count). The van der Waals surface area contributed by atoms with Gasteiger partial charge in [0.1, 0.15) is 12.4 Å². The number of aliphatic carboxylic acids is 1. The van der Waals surface area contributed by atoms with Crippen molar-refractivity contribution in [2.45, 2.75) is 25.5 Å². The number of ether oxygens (including phenoxy) is 1. The van der Waals surface area contributed by atoms with E-state index >= 15 is 0 Å². The maximum absolute atomic E-state index is 13.0. The molecule has 6 heteroatoms. The minimum Gasteiger partial charge on any atom is -0.481 e. The summed E-state index contributed by atoms with van der Waals surface area (Å²) in [5, 5.41) is 11.5. The van der Waals surface area contributed by atoms with Crippen LogP contribution >= 0.6 is 0 Å². The first kappa shape index (κ1) is 17.0. The fourth-order valence-corrected chi connectivity index (χ4v) is 2.72. The summed E-state index contributed by atoms with van der Waals surface area (Å²) in [7, 11) is 0. The Bertz CT molecular complexity index is 775. The summed E-state index contributed by atoms with van der Waals surface area (Å²) in [5.41, 5.74) is 2.46. The molecule has 0 heterocycles. The molecule has 130 valence electrons. The Morgan fingerprint density at radius 3 is 2.56 bits per heavy atom. The summed E-state index contributed by atoms with van der Waals surface area (Å²) < 4.78 is 18.2. The van der Waals surface area contributed by atoms with E-state index in [1.807, 2.05) is 24.3 Å². The van der Waals surface area contributed by atoms with Crippen LogP contribution in [0.1, 0.15) is 29.0 Å². The molecular weight excluding hydrogens is 325 g/mol. The molecule has 2 aromatic rings. The quantitative estimate of drug-likeness (QED) is 0.842. The lowest BCUT2D eigenvalue weighted by Crippen LogP contribution is -2.23. The molecule has 0 unspecified atom stereocenters. The molecule has 1 aliphatic rings. The summed E-state index contributed by atoms with van der Waals surface area (Å²) in [5.74, 6) is -1.31. The zero-order valence-corrected chi connectivity index (χ0v) is 13.4. The minimum absolute atomic E-state index is 0.0852. The van der Waals surface area contributed by atoms with Gasteiger partial charge in [0.15, 0.2) is 0 Å². The number of amides is 1. The molecular formula is C19H18FNO4. The van der Waals surface area contributed by atoms with Crippen molar-refractivity contribution < 1.29 is 23.8 Å². The van der Waals surface area contributed by atoms with Gasteiger partial charge in [0.05, 0.1) is 5.92 Å².